The Hall–Kier alpha value is -1.18. The summed E-state index contributed by atoms with van der Waals surface area (Å²) in [6, 6.07) is 14.1. The summed E-state index contributed by atoms with van der Waals surface area (Å²) in [4.78, 5) is 14.0. The van der Waals surface area contributed by atoms with E-state index in [0.29, 0.717) is 23.4 Å². The standard InChI is InChI=1S/C16H15NO4S.Na.H/c1-11(22(19,20)21)12-6-8-14(9-7-12)17-10-13-4-2-3-5-15(13)16(17)18;;/h2-9,11H,10H2,1H3,(H,19,20,21);;/q;+1;-1. The molecule has 0 fully saturated rings. The van der Waals surface area contributed by atoms with Crippen LogP contribution >= 0.6 is 0 Å². The molecular weight excluding hydrogens is 325 g/mol. The van der Waals surface area contributed by atoms with Gasteiger partial charge in [0.2, 0.25) is 0 Å². The first-order valence-corrected chi connectivity index (χ1v) is 8.34. The number of carbonyl (C=O) groups excluding carboxylic acids is 1. The Bertz CT molecular complexity index is 839. The van der Waals surface area contributed by atoms with Gasteiger partial charge in [-0.15, -0.1) is 0 Å². The van der Waals surface area contributed by atoms with Crippen molar-refractivity contribution in [2.24, 2.45) is 0 Å². The number of rotatable bonds is 3. The van der Waals surface area contributed by atoms with Crippen molar-refractivity contribution in [3.63, 3.8) is 0 Å². The zero-order chi connectivity index (χ0) is 15.9. The molecule has 5 nitrogen and oxygen atoms in total. The van der Waals surface area contributed by atoms with Crippen molar-refractivity contribution < 1.29 is 48.7 Å². The molecule has 0 saturated carbocycles. The largest absolute Gasteiger partial charge is 1.00 e. The topological polar surface area (TPSA) is 74.7 Å². The predicted octanol–water partition coefficient (Wildman–Crippen LogP) is -0.0877. The molecule has 1 aliphatic rings. The van der Waals surface area contributed by atoms with Gasteiger partial charge in [0.25, 0.3) is 16.0 Å². The van der Waals surface area contributed by atoms with E-state index in [1.54, 1.807) is 35.2 Å². The minimum atomic E-state index is -4.12. The Labute approximate surface area is 158 Å². The Morgan fingerprint density at radius 2 is 1.74 bits per heavy atom. The average Bonchev–Trinajstić information content (AvgIpc) is 2.83. The number of hydrogen-bond donors (Lipinski definition) is 1. The Balaban J connectivity index is 0.00000144. The SMILES string of the molecule is CC(c1ccc(N2Cc3ccccc3C2=O)cc1)S(=O)(=O)O.[H-].[Na+]. The third-order valence-electron chi connectivity index (χ3n) is 3.94. The average molecular weight is 341 g/mol. The smallest absolute Gasteiger partial charge is 1.00 e. The number of nitrogens with zero attached hydrogens (tertiary/aromatic N) is 1. The zero-order valence-electron chi connectivity index (χ0n) is 13.9. The molecule has 2 aromatic carbocycles. The molecule has 116 valence electrons. The Morgan fingerprint density at radius 3 is 2.30 bits per heavy atom. The van der Waals surface area contributed by atoms with Crippen LogP contribution in [0.1, 0.15) is 35.1 Å². The van der Waals surface area contributed by atoms with E-state index in [1.807, 2.05) is 18.2 Å². The van der Waals surface area contributed by atoms with Crippen LogP contribution in [-0.2, 0) is 16.7 Å². The van der Waals surface area contributed by atoms with Gasteiger partial charge in [-0.3, -0.25) is 9.35 Å². The van der Waals surface area contributed by atoms with Crippen molar-refractivity contribution in [1.82, 2.24) is 0 Å². The minimum absolute atomic E-state index is 0. The van der Waals surface area contributed by atoms with E-state index >= 15 is 0 Å². The molecule has 1 amide bonds. The van der Waals surface area contributed by atoms with Gasteiger partial charge >= 0.3 is 29.6 Å². The first kappa shape index (κ1) is 18.2. The second-order valence-electron chi connectivity index (χ2n) is 5.30. The van der Waals surface area contributed by atoms with Crippen LogP contribution in [0, 0.1) is 0 Å². The fourth-order valence-corrected chi connectivity index (χ4v) is 3.06. The predicted molar refractivity (Wildman–Crippen MR) is 84.5 cm³/mol. The molecule has 3 rings (SSSR count). The normalized spacial score (nSPS) is 15.0. The summed E-state index contributed by atoms with van der Waals surface area (Å²) in [7, 11) is -4.12. The number of hydrogen-bond acceptors (Lipinski definition) is 3. The first-order chi connectivity index (χ1) is 10.4. The molecule has 0 radical (unpaired) electrons. The zero-order valence-corrected chi connectivity index (χ0v) is 15.7. The van der Waals surface area contributed by atoms with Crippen LogP contribution < -0.4 is 34.5 Å². The van der Waals surface area contributed by atoms with Crippen LogP contribution in [-0.4, -0.2) is 18.9 Å². The van der Waals surface area contributed by atoms with Gasteiger partial charge in [-0.2, -0.15) is 8.42 Å². The van der Waals surface area contributed by atoms with Gasteiger partial charge in [-0.1, -0.05) is 30.3 Å². The van der Waals surface area contributed by atoms with E-state index < -0.39 is 15.4 Å². The molecule has 0 saturated heterocycles. The van der Waals surface area contributed by atoms with Crippen molar-refractivity contribution in [2.45, 2.75) is 18.7 Å². The molecule has 0 aromatic heterocycles. The summed E-state index contributed by atoms with van der Waals surface area (Å²) < 4.78 is 31.4. The quantitative estimate of drug-likeness (QED) is 0.626. The molecule has 7 heteroatoms. The van der Waals surface area contributed by atoms with Gasteiger partial charge in [0.15, 0.2) is 0 Å². The Morgan fingerprint density at radius 1 is 1.13 bits per heavy atom. The van der Waals surface area contributed by atoms with Crippen LogP contribution in [0.3, 0.4) is 0 Å². The monoisotopic (exact) mass is 341 g/mol. The van der Waals surface area contributed by atoms with E-state index in [9.17, 15) is 13.2 Å². The maximum absolute atomic E-state index is 12.4. The third kappa shape index (κ3) is 3.51. The van der Waals surface area contributed by atoms with Crippen LogP contribution in [0.2, 0.25) is 0 Å². The Kier molecular flexibility index (Phi) is 5.33. The molecule has 23 heavy (non-hydrogen) atoms. The number of benzene rings is 2. The summed E-state index contributed by atoms with van der Waals surface area (Å²) in [5, 5.41) is -0.993. The second-order valence-corrected chi connectivity index (χ2v) is 7.03. The third-order valence-corrected chi connectivity index (χ3v) is 5.11. The van der Waals surface area contributed by atoms with Gasteiger partial charge in [0, 0.05) is 11.3 Å². The summed E-state index contributed by atoms with van der Waals surface area (Å²) >= 11 is 0. The molecule has 0 aliphatic carbocycles. The fraction of sp³-hybridized carbons (Fsp3) is 0.188. The van der Waals surface area contributed by atoms with Crippen LogP contribution in [0.15, 0.2) is 48.5 Å². The van der Waals surface area contributed by atoms with Crippen molar-refractivity contribution in [3.8, 4) is 0 Å². The van der Waals surface area contributed by atoms with Crippen LogP contribution in [0.25, 0.3) is 0 Å². The fourth-order valence-electron chi connectivity index (χ4n) is 2.56. The number of amides is 1. The first-order valence-electron chi connectivity index (χ1n) is 6.84. The van der Waals surface area contributed by atoms with E-state index in [2.05, 4.69) is 0 Å². The number of carbonyl (C=O) groups is 1. The molecule has 0 spiro atoms. The van der Waals surface area contributed by atoms with Gasteiger partial charge in [0.05, 0.1) is 6.54 Å². The van der Waals surface area contributed by atoms with Gasteiger partial charge in [-0.25, -0.2) is 0 Å². The molecule has 1 unspecified atom stereocenters. The van der Waals surface area contributed by atoms with Gasteiger partial charge < -0.3 is 6.33 Å². The summed E-state index contributed by atoms with van der Waals surface area (Å²) in [6.07, 6.45) is 0. The summed E-state index contributed by atoms with van der Waals surface area (Å²) in [5.74, 6) is -0.0637. The van der Waals surface area contributed by atoms with E-state index in [0.717, 1.165) is 5.56 Å². The molecule has 1 atom stereocenters. The number of fused-ring (bicyclic) bond motifs is 1. The van der Waals surface area contributed by atoms with E-state index in [-0.39, 0.29) is 36.9 Å². The molecule has 1 N–H and O–H groups in total. The molecule has 2 aromatic rings. The maximum Gasteiger partial charge on any atom is 1.00 e. The maximum atomic E-state index is 12.4. The molecule has 1 heterocycles. The van der Waals surface area contributed by atoms with Crippen LogP contribution in [0.5, 0.6) is 0 Å². The van der Waals surface area contributed by atoms with Crippen molar-refractivity contribution in [1.29, 1.82) is 0 Å². The van der Waals surface area contributed by atoms with Gasteiger partial charge in [0.1, 0.15) is 5.25 Å². The molecule has 0 bridgehead atoms. The summed E-state index contributed by atoms with van der Waals surface area (Å²) in [5.41, 5.74) is 2.85. The van der Waals surface area contributed by atoms with Crippen molar-refractivity contribution in [2.75, 3.05) is 4.90 Å². The second kappa shape index (κ2) is 6.75. The van der Waals surface area contributed by atoms with Crippen LogP contribution in [0.4, 0.5) is 5.69 Å². The molecular formula is C16H16NNaO4S. The molecule has 1 aliphatic heterocycles. The minimum Gasteiger partial charge on any atom is -1.00 e. The number of anilines is 1. The van der Waals surface area contributed by atoms with Gasteiger partial charge in [-0.05, 0) is 36.2 Å². The van der Waals surface area contributed by atoms with E-state index in [1.165, 1.54) is 6.92 Å². The summed E-state index contributed by atoms with van der Waals surface area (Å²) in [6.45, 7) is 1.92. The van der Waals surface area contributed by atoms with Crippen molar-refractivity contribution >= 4 is 21.7 Å². The van der Waals surface area contributed by atoms with E-state index in [4.69, 9.17) is 4.55 Å². The van der Waals surface area contributed by atoms with Crippen molar-refractivity contribution in [3.05, 3.63) is 65.2 Å².